The molecule has 2 fully saturated rings. The molecule has 2 saturated heterocycles. The average molecular weight is 367 g/mol. The standard InChI is InChI=1S/C19H20F3NO3/c20-19(21,22)26-18(23(10-16-12-24-16)11-17-13-25-17)8-6-15(7-9-18)14-4-2-1-3-5-14/h1-8,16-17H,9-13H2. The van der Waals surface area contributed by atoms with Gasteiger partial charge < -0.3 is 9.47 Å². The minimum Gasteiger partial charge on any atom is -0.372 e. The lowest BCUT2D eigenvalue weighted by molar-refractivity contribution is -0.380. The molecule has 1 aromatic rings. The first-order chi connectivity index (χ1) is 12.4. The van der Waals surface area contributed by atoms with Crippen LogP contribution < -0.4 is 0 Å². The normalized spacial score (nSPS) is 30.4. The van der Waals surface area contributed by atoms with Crippen LogP contribution in [0.5, 0.6) is 0 Å². The first kappa shape index (κ1) is 17.7. The molecule has 2 heterocycles. The number of hydrogen-bond donors (Lipinski definition) is 0. The summed E-state index contributed by atoms with van der Waals surface area (Å²) in [6.07, 6.45) is 0.301. The van der Waals surface area contributed by atoms with E-state index in [1.165, 1.54) is 6.08 Å². The summed E-state index contributed by atoms with van der Waals surface area (Å²) in [5.74, 6) is 0. The highest BCUT2D eigenvalue weighted by atomic mass is 19.4. The quantitative estimate of drug-likeness (QED) is 0.547. The summed E-state index contributed by atoms with van der Waals surface area (Å²) in [6.45, 7) is 1.90. The van der Waals surface area contributed by atoms with E-state index >= 15 is 0 Å². The second-order valence-electron chi connectivity index (χ2n) is 6.77. The van der Waals surface area contributed by atoms with Crippen molar-refractivity contribution >= 4 is 5.57 Å². The zero-order valence-electron chi connectivity index (χ0n) is 14.1. The second-order valence-corrected chi connectivity index (χ2v) is 6.77. The Morgan fingerprint density at radius 1 is 1.08 bits per heavy atom. The highest BCUT2D eigenvalue weighted by Crippen LogP contribution is 2.38. The van der Waals surface area contributed by atoms with E-state index in [0.717, 1.165) is 11.1 Å². The minimum absolute atomic E-state index is 0.0460. The van der Waals surface area contributed by atoms with Crippen molar-refractivity contribution in [3.8, 4) is 0 Å². The number of halogens is 3. The molecule has 1 aromatic carbocycles. The maximum Gasteiger partial charge on any atom is 0.524 e. The SMILES string of the molecule is FC(F)(F)OC1(N(CC2CO2)CC2CO2)C=CC(c2ccccc2)=CC1. The number of benzene rings is 1. The van der Waals surface area contributed by atoms with Gasteiger partial charge in [-0.1, -0.05) is 42.5 Å². The lowest BCUT2D eigenvalue weighted by Crippen LogP contribution is -2.55. The maximum absolute atomic E-state index is 13.2. The zero-order valence-corrected chi connectivity index (χ0v) is 14.1. The molecule has 4 nitrogen and oxygen atoms in total. The molecule has 0 amide bonds. The molecule has 3 unspecified atom stereocenters. The number of hydrogen-bond acceptors (Lipinski definition) is 4. The van der Waals surface area contributed by atoms with Crippen LogP contribution in [0.15, 0.2) is 48.6 Å². The van der Waals surface area contributed by atoms with Gasteiger partial charge in [0, 0.05) is 19.5 Å². The van der Waals surface area contributed by atoms with E-state index in [-0.39, 0.29) is 18.6 Å². The Hall–Kier alpha value is -1.67. The van der Waals surface area contributed by atoms with E-state index in [1.54, 1.807) is 17.1 Å². The highest BCUT2D eigenvalue weighted by molar-refractivity contribution is 5.75. The van der Waals surface area contributed by atoms with Crippen LogP contribution in [0.25, 0.3) is 5.57 Å². The summed E-state index contributed by atoms with van der Waals surface area (Å²) < 4.78 is 54.7. The van der Waals surface area contributed by atoms with Gasteiger partial charge in [0.15, 0.2) is 5.72 Å². The average Bonchev–Trinajstić information content (AvgIpc) is 3.50. The first-order valence-corrected chi connectivity index (χ1v) is 8.63. The highest BCUT2D eigenvalue weighted by Gasteiger charge is 2.49. The molecule has 4 rings (SSSR count). The monoisotopic (exact) mass is 367 g/mol. The fourth-order valence-electron chi connectivity index (χ4n) is 3.25. The smallest absolute Gasteiger partial charge is 0.372 e. The van der Waals surface area contributed by atoms with Crippen LogP contribution in [0.1, 0.15) is 12.0 Å². The van der Waals surface area contributed by atoms with Crippen LogP contribution in [0, 0.1) is 0 Å². The van der Waals surface area contributed by atoms with Gasteiger partial charge in [0.05, 0.1) is 25.4 Å². The fourth-order valence-corrected chi connectivity index (χ4v) is 3.25. The van der Waals surface area contributed by atoms with Crippen LogP contribution in [0.3, 0.4) is 0 Å². The lowest BCUT2D eigenvalue weighted by atomic mass is 9.93. The van der Waals surface area contributed by atoms with E-state index in [4.69, 9.17) is 9.47 Å². The molecule has 0 N–H and O–H groups in total. The Bertz CT molecular complexity index is 682. The number of epoxide rings is 2. The molecule has 0 saturated carbocycles. The summed E-state index contributed by atoms with van der Waals surface area (Å²) in [4.78, 5) is 1.70. The largest absolute Gasteiger partial charge is 0.524 e. The van der Waals surface area contributed by atoms with Gasteiger partial charge in [-0.3, -0.25) is 9.64 Å². The van der Waals surface area contributed by atoms with Crippen molar-refractivity contribution in [2.45, 2.75) is 30.7 Å². The van der Waals surface area contributed by atoms with Gasteiger partial charge in [0.25, 0.3) is 0 Å². The topological polar surface area (TPSA) is 37.5 Å². The summed E-state index contributed by atoms with van der Waals surface area (Å²) in [7, 11) is 0. The first-order valence-electron chi connectivity index (χ1n) is 8.63. The Morgan fingerprint density at radius 2 is 1.69 bits per heavy atom. The Kier molecular flexibility index (Phi) is 4.64. The summed E-state index contributed by atoms with van der Waals surface area (Å²) in [5.41, 5.74) is 0.276. The predicted octanol–water partition coefficient (Wildman–Crippen LogP) is 3.36. The Balaban J connectivity index is 1.59. The van der Waals surface area contributed by atoms with Crippen molar-refractivity contribution in [3.05, 3.63) is 54.1 Å². The molecule has 0 aromatic heterocycles. The van der Waals surface area contributed by atoms with Crippen LogP contribution in [-0.4, -0.2) is 55.5 Å². The van der Waals surface area contributed by atoms with E-state index in [1.807, 2.05) is 30.3 Å². The zero-order chi connectivity index (χ0) is 18.2. The van der Waals surface area contributed by atoms with Crippen LogP contribution in [-0.2, 0) is 14.2 Å². The molecule has 1 aliphatic carbocycles. The van der Waals surface area contributed by atoms with Gasteiger partial charge in [-0.25, -0.2) is 0 Å². The van der Waals surface area contributed by atoms with Crippen molar-refractivity contribution in [3.63, 3.8) is 0 Å². The molecular weight excluding hydrogens is 347 g/mol. The van der Waals surface area contributed by atoms with Gasteiger partial charge in [-0.15, -0.1) is 13.2 Å². The third kappa shape index (κ3) is 4.35. The number of rotatable bonds is 7. The van der Waals surface area contributed by atoms with Crippen molar-refractivity contribution in [2.24, 2.45) is 0 Å². The third-order valence-corrected chi connectivity index (χ3v) is 4.73. The lowest BCUT2D eigenvalue weighted by Gasteiger charge is -2.42. The summed E-state index contributed by atoms with van der Waals surface area (Å²) in [5, 5.41) is 0. The predicted molar refractivity (Wildman–Crippen MR) is 89.1 cm³/mol. The number of alkyl halides is 3. The van der Waals surface area contributed by atoms with Gasteiger partial charge in [0.1, 0.15) is 0 Å². The van der Waals surface area contributed by atoms with Gasteiger partial charge >= 0.3 is 6.36 Å². The molecule has 3 atom stereocenters. The van der Waals surface area contributed by atoms with E-state index in [0.29, 0.717) is 26.3 Å². The number of nitrogens with zero attached hydrogens (tertiary/aromatic N) is 1. The van der Waals surface area contributed by atoms with Gasteiger partial charge in [-0.05, 0) is 17.2 Å². The summed E-state index contributed by atoms with van der Waals surface area (Å²) in [6, 6.07) is 9.57. The van der Waals surface area contributed by atoms with Gasteiger partial charge in [-0.2, -0.15) is 0 Å². The molecule has 26 heavy (non-hydrogen) atoms. The van der Waals surface area contributed by atoms with Crippen LogP contribution >= 0.6 is 0 Å². The summed E-state index contributed by atoms with van der Waals surface area (Å²) >= 11 is 0. The molecule has 140 valence electrons. The number of allylic oxidation sites excluding steroid dienone is 2. The molecule has 2 aliphatic heterocycles. The van der Waals surface area contributed by atoms with Crippen LogP contribution in [0.4, 0.5) is 13.2 Å². The molecular formula is C19H20F3NO3. The Morgan fingerprint density at radius 3 is 2.15 bits per heavy atom. The molecule has 3 aliphatic rings. The molecule has 0 bridgehead atoms. The van der Waals surface area contributed by atoms with Crippen molar-refractivity contribution in [1.29, 1.82) is 0 Å². The number of ether oxygens (including phenoxy) is 3. The van der Waals surface area contributed by atoms with Gasteiger partial charge in [0.2, 0.25) is 0 Å². The van der Waals surface area contributed by atoms with Crippen LogP contribution in [0.2, 0.25) is 0 Å². The second kappa shape index (κ2) is 6.81. The van der Waals surface area contributed by atoms with E-state index in [9.17, 15) is 13.2 Å². The van der Waals surface area contributed by atoms with Crippen molar-refractivity contribution in [2.75, 3.05) is 26.3 Å². The molecule has 7 heteroatoms. The fraction of sp³-hybridized carbons (Fsp3) is 0.474. The van der Waals surface area contributed by atoms with E-state index in [2.05, 4.69) is 4.74 Å². The third-order valence-electron chi connectivity index (χ3n) is 4.73. The molecule has 0 radical (unpaired) electrons. The maximum atomic E-state index is 13.2. The minimum atomic E-state index is -4.74. The Labute approximate surface area is 149 Å². The van der Waals surface area contributed by atoms with Crippen molar-refractivity contribution < 1.29 is 27.4 Å². The van der Waals surface area contributed by atoms with Crippen molar-refractivity contribution in [1.82, 2.24) is 4.90 Å². The van der Waals surface area contributed by atoms with E-state index < -0.39 is 12.1 Å². The molecule has 0 spiro atoms.